The van der Waals surface area contributed by atoms with E-state index in [0.29, 0.717) is 37.5 Å². The van der Waals surface area contributed by atoms with Gasteiger partial charge in [0.2, 0.25) is 5.91 Å². The van der Waals surface area contributed by atoms with E-state index in [2.05, 4.69) is 15.5 Å². The number of aryl methyl sites for hydroxylation is 1. The largest absolute Gasteiger partial charge is 0.337 e. The molecular weight excluding hydrogens is 358 g/mol. The van der Waals surface area contributed by atoms with Crippen molar-refractivity contribution in [1.82, 2.24) is 25.3 Å². The van der Waals surface area contributed by atoms with Crippen LogP contribution in [-0.4, -0.2) is 70.5 Å². The van der Waals surface area contributed by atoms with Gasteiger partial charge in [-0.3, -0.25) is 9.59 Å². The lowest BCUT2D eigenvalue weighted by Crippen LogP contribution is -2.57. The number of nitrogens with one attached hydrogen (secondary N) is 1. The van der Waals surface area contributed by atoms with E-state index in [0.717, 1.165) is 30.5 Å². The minimum atomic E-state index is -0.0534. The summed E-state index contributed by atoms with van der Waals surface area (Å²) in [5, 5.41) is 7.73. The number of pyridine rings is 1. The molecule has 1 atom stereocenters. The molecule has 0 aliphatic carbocycles. The average molecular weight is 380 g/mol. The second kappa shape index (κ2) is 7.59. The summed E-state index contributed by atoms with van der Waals surface area (Å²) in [5.41, 5.74) is 1.70. The number of hydrogen-bond donors (Lipinski definition) is 1. The van der Waals surface area contributed by atoms with Gasteiger partial charge in [-0.2, -0.15) is 0 Å². The topological polar surface area (TPSA) is 91.6 Å². The van der Waals surface area contributed by atoms with Gasteiger partial charge < -0.3 is 19.6 Å². The van der Waals surface area contributed by atoms with Crippen LogP contribution in [0, 0.1) is 6.92 Å². The first kappa shape index (κ1) is 18.6. The molecule has 0 radical (unpaired) electrons. The maximum Gasteiger partial charge on any atom is 0.257 e. The van der Waals surface area contributed by atoms with Gasteiger partial charge >= 0.3 is 0 Å². The molecule has 2 saturated heterocycles. The van der Waals surface area contributed by atoms with Gasteiger partial charge in [0.05, 0.1) is 23.2 Å². The zero-order chi connectivity index (χ0) is 17.4. The average Bonchev–Trinajstić information content (AvgIpc) is 3.02. The number of fused-ring (bicyclic) bond motifs is 1. The minimum absolute atomic E-state index is 0. The highest BCUT2D eigenvalue weighted by molar-refractivity contribution is 5.97. The number of amides is 2. The molecule has 2 amide bonds. The zero-order valence-corrected chi connectivity index (χ0v) is 15.4. The molecule has 2 aromatic rings. The van der Waals surface area contributed by atoms with E-state index in [1.807, 2.05) is 16.7 Å². The van der Waals surface area contributed by atoms with Gasteiger partial charge in [0, 0.05) is 38.4 Å². The van der Waals surface area contributed by atoms with Crippen LogP contribution in [0.4, 0.5) is 0 Å². The number of rotatable bonds is 2. The van der Waals surface area contributed by atoms with E-state index >= 15 is 0 Å². The Morgan fingerprint density at radius 2 is 2.23 bits per heavy atom. The first-order valence-electron chi connectivity index (χ1n) is 8.65. The molecule has 2 fully saturated rings. The third kappa shape index (κ3) is 3.39. The van der Waals surface area contributed by atoms with E-state index in [1.165, 1.54) is 6.20 Å². The molecule has 1 unspecified atom stereocenters. The van der Waals surface area contributed by atoms with Crippen molar-refractivity contribution in [1.29, 1.82) is 0 Å². The molecule has 1 N–H and O–H groups in total. The summed E-state index contributed by atoms with van der Waals surface area (Å²) in [6, 6.07) is 1.89. The molecule has 8 nitrogen and oxygen atoms in total. The number of piperidine rings is 1. The minimum Gasteiger partial charge on any atom is -0.337 e. The third-order valence-electron chi connectivity index (χ3n) is 5.01. The molecule has 0 saturated carbocycles. The van der Waals surface area contributed by atoms with E-state index in [-0.39, 0.29) is 30.3 Å². The zero-order valence-electron chi connectivity index (χ0n) is 14.6. The van der Waals surface area contributed by atoms with Gasteiger partial charge in [-0.05, 0) is 25.8 Å². The SMILES string of the molecule is Cc1noc2ncc(C(=O)N3CCCC(N4CCNCC4=O)C3)cc12.Cl. The predicted molar refractivity (Wildman–Crippen MR) is 97.3 cm³/mol. The highest BCUT2D eigenvalue weighted by Gasteiger charge is 2.32. The van der Waals surface area contributed by atoms with Crippen LogP contribution in [0.5, 0.6) is 0 Å². The predicted octanol–water partition coefficient (Wildman–Crippen LogP) is 0.989. The van der Waals surface area contributed by atoms with E-state index < -0.39 is 0 Å². The highest BCUT2D eigenvalue weighted by atomic mass is 35.5. The van der Waals surface area contributed by atoms with Gasteiger partial charge in [-0.1, -0.05) is 5.16 Å². The monoisotopic (exact) mass is 379 g/mol. The fraction of sp³-hybridized carbons (Fsp3) is 0.529. The summed E-state index contributed by atoms with van der Waals surface area (Å²) in [6.45, 7) is 5.01. The van der Waals surface area contributed by atoms with Gasteiger partial charge in [0.1, 0.15) is 0 Å². The fourth-order valence-electron chi connectivity index (χ4n) is 3.65. The normalized spacial score (nSPS) is 21.0. The van der Waals surface area contributed by atoms with Crippen LogP contribution in [0.1, 0.15) is 28.9 Å². The Kier molecular flexibility index (Phi) is 5.43. The standard InChI is InChI=1S/C17H21N5O3.ClH/c1-11-14-7-12(8-19-16(14)25-20-11)17(24)21-5-2-3-13(10-21)22-6-4-18-9-15(22)23;/h7-8,13,18H,2-6,9-10H2,1H3;1H. The van der Waals surface area contributed by atoms with E-state index in [9.17, 15) is 9.59 Å². The maximum absolute atomic E-state index is 12.9. The van der Waals surface area contributed by atoms with Crippen LogP contribution < -0.4 is 5.32 Å². The molecule has 0 aromatic carbocycles. The lowest BCUT2D eigenvalue weighted by Gasteiger charge is -2.41. The van der Waals surface area contributed by atoms with Crippen LogP contribution in [0.3, 0.4) is 0 Å². The summed E-state index contributed by atoms with van der Waals surface area (Å²) in [6.07, 6.45) is 3.38. The van der Waals surface area contributed by atoms with E-state index in [4.69, 9.17) is 4.52 Å². The first-order chi connectivity index (χ1) is 12.1. The second-order valence-electron chi connectivity index (χ2n) is 6.66. The number of hydrogen-bond acceptors (Lipinski definition) is 6. The highest BCUT2D eigenvalue weighted by Crippen LogP contribution is 2.21. The second-order valence-corrected chi connectivity index (χ2v) is 6.66. The van der Waals surface area contributed by atoms with Gasteiger partial charge in [-0.25, -0.2) is 4.98 Å². The quantitative estimate of drug-likeness (QED) is 0.836. The van der Waals surface area contributed by atoms with Crippen molar-refractivity contribution in [3.8, 4) is 0 Å². The van der Waals surface area contributed by atoms with Gasteiger partial charge in [0.15, 0.2) is 0 Å². The van der Waals surface area contributed by atoms with Crippen LogP contribution in [0.15, 0.2) is 16.8 Å². The Bertz CT molecular complexity index is 824. The molecule has 26 heavy (non-hydrogen) atoms. The van der Waals surface area contributed by atoms with Gasteiger partial charge in [-0.15, -0.1) is 12.4 Å². The number of carbonyl (C=O) groups is 2. The number of piperazine rings is 1. The Morgan fingerprint density at radius 3 is 3.04 bits per heavy atom. The van der Waals surface area contributed by atoms with Crippen molar-refractivity contribution < 1.29 is 14.1 Å². The molecule has 4 rings (SSSR count). The van der Waals surface area contributed by atoms with Crippen molar-refractivity contribution in [3.05, 3.63) is 23.5 Å². The molecule has 140 valence electrons. The number of carbonyl (C=O) groups excluding carboxylic acids is 2. The summed E-state index contributed by atoms with van der Waals surface area (Å²) >= 11 is 0. The van der Waals surface area contributed by atoms with Crippen LogP contribution in [0.25, 0.3) is 11.1 Å². The number of nitrogens with zero attached hydrogens (tertiary/aromatic N) is 4. The molecule has 4 heterocycles. The molecule has 2 aliphatic heterocycles. The Morgan fingerprint density at radius 1 is 1.38 bits per heavy atom. The molecule has 0 spiro atoms. The lowest BCUT2D eigenvalue weighted by atomic mass is 10.0. The molecule has 2 aromatic heterocycles. The lowest BCUT2D eigenvalue weighted by molar-refractivity contribution is -0.135. The Labute approximate surface area is 157 Å². The number of likely N-dealkylation sites (tertiary alicyclic amines) is 1. The molecule has 2 aliphatic rings. The summed E-state index contributed by atoms with van der Waals surface area (Å²) in [4.78, 5) is 33.0. The smallest absolute Gasteiger partial charge is 0.257 e. The first-order valence-corrected chi connectivity index (χ1v) is 8.65. The van der Waals surface area contributed by atoms with Crippen LogP contribution in [-0.2, 0) is 4.79 Å². The Balaban J connectivity index is 0.00000196. The maximum atomic E-state index is 12.9. The number of aromatic nitrogens is 2. The van der Waals surface area contributed by atoms with Crippen LogP contribution in [0.2, 0.25) is 0 Å². The molecule has 9 heteroatoms. The Hall–Kier alpha value is -2.19. The fourth-order valence-corrected chi connectivity index (χ4v) is 3.65. The molecule has 0 bridgehead atoms. The van der Waals surface area contributed by atoms with E-state index in [1.54, 1.807) is 6.07 Å². The number of halogens is 1. The van der Waals surface area contributed by atoms with Crippen molar-refractivity contribution >= 4 is 35.3 Å². The van der Waals surface area contributed by atoms with Crippen LogP contribution >= 0.6 is 12.4 Å². The van der Waals surface area contributed by atoms with Crippen molar-refractivity contribution in [2.24, 2.45) is 0 Å². The third-order valence-corrected chi connectivity index (χ3v) is 5.01. The molecular formula is C17H22ClN5O3. The van der Waals surface area contributed by atoms with Crippen molar-refractivity contribution in [2.75, 3.05) is 32.7 Å². The summed E-state index contributed by atoms with van der Waals surface area (Å²) in [5.74, 6) is 0.0658. The van der Waals surface area contributed by atoms with Gasteiger partial charge in [0.25, 0.3) is 11.6 Å². The van der Waals surface area contributed by atoms with Crippen molar-refractivity contribution in [3.63, 3.8) is 0 Å². The summed E-state index contributed by atoms with van der Waals surface area (Å²) in [7, 11) is 0. The van der Waals surface area contributed by atoms with Crippen molar-refractivity contribution in [2.45, 2.75) is 25.8 Å². The summed E-state index contributed by atoms with van der Waals surface area (Å²) < 4.78 is 5.10.